The van der Waals surface area contributed by atoms with Gasteiger partial charge in [0.05, 0.1) is 0 Å². The summed E-state index contributed by atoms with van der Waals surface area (Å²) in [7, 11) is 1.69. The van der Waals surface area contributed by atoms with Gasteiger partial charge in [-0.25, -0.2) is 9.59 Å². The smallest absolute Gasteiger partial charge is 0.355 e. The molecule has 0 aliphatic carbocycles. The fourth-order valence-electron chi connectivity index (χ4n) is 1.40. The largest absolute Gasteiger partial charge is 0.451 e. The number of aryl methyl sites for hydroxylation is 1. The monoisotopic (exact) mass is 281 g/mol. The molecule has 0 bridgehead atoms. The summed E-state index contributed by atoms with van der Waals surface area (Å²) in [5.74, 6) is -1.29. The molecule has 1 aromatic rings. The molecule has 0 aliphatic heterocycles. The van der Waals surface area contributed by atoms with Crippen LogP contribution in [0.25, 0.3) is 0 Å². The summed E-state index contributed by atoms with van der Waals surface area (Å²) in [6.07, 6.45) is 2.44. The summed E-state index contributed by atoms with van der Waals surface area (Å²) >= 11 is 0. The van der Waals surface area contributed by atoms with E-state index >= 15 is 0 Å². The van der Waals surface area contributed by atoms with Gasteiger partial charge in [0.2, 0.25) is 0 Å². The van der Waals surface area contributed by atoms with Crippen molar-refractivity contribution in [3.8, 4) is 0 Å². The third-order valence-electron chi connectivity index (χ3n) is 2.73. The normalized spacial score (nSPS) is 11.6. The number of nitrogens with one attached hydrogen (secondary N) is 2. The van der Waals surface area contributed by atoms with Crippen molar-refractivity contribution in [2.45, 2.75) is 26.3 Å². The number of hydrogen-bond donors (Lipinski definition) is 2. The van der Waals surface area contributed by atoms with Crippen molar-refractivity contribution in [3.05, 3.63) is 24.0 Å². The van der Waals surface area contributed by atoms with E-state index in [0.29, 0.717) is 5.69 Å². The average Bonchev–Trinajstić information content (AvgIpc) is 2.81. The fourth-order valence-corrected chi connectivity index (χ4v) is 1.40. The molecule has 1 heterocycles. The number of urea groups is 1. The minimum atomic E-state index is -0.673. The maximum Gasteiger partial charge on any atom is 0.355 e. The average molecular weight is 281 g/mol. The number of amides is 3. The lowest BCUT2D eigenvalue weighted by Gasteiger charge is -2.11. The third-order valence-corrected chi connectivity index (χ3v) is 2.73. The molecule has 0 saturated heterocycles. The molecular formula is C13H19N3O4. The Balaban J connectivity index is 2.35. The SMILES string of the molecule is CC[C@H](C)NC(=O)NC(=O)COC(=O)c1cccn1C. The topological polar surface area (TPSA) is 89.4 Å². The summed E-state index contributed by atoms with van der Waals surface area (Å²) in [6.45, 7) is 3.23. The zero-order valence-electron chi connectivity index (χ0n) is 11.8. The first-order valence-corrected chi connectivity index (χ1v) is 6.32. The zero-order chi connectivity index (χ0) is 15.1. The van der Waals surface area contributed by atoms with Crippen LogP contribution in [0.15, 0.2) is 18.3 Å². The maximum absolute atomic E-state index is 11.6. The molecule has 0 unspecified atom stereocenters. The lowest BCUT2D eigenvalue weighted by molar-refractivity contribution is -0.123. The number of nitrogens with zero attached hydrogens (tertiary/aromatic N) is 1. The predicted molar refractivity (Wildman–Crippen MR) is 72.1 cm³/mol. The van der Waals surface area contributed by atoms with E-state index in [1.807, 2.05) is 13.8 Å². The maximum atomic E-state index is 11.6. The second-order valence-corrected chi connectivity index (χ2v) is 4.41. The Morgan fingerprint density at radius 2 is 2.10 bits per heavy atom. The number of imide groups is 1. The molecule has 1 rings (SSSR count). The minimum absolute atomic E-state index is 0.0336. The van der Waals surface area contributed by atoms with E-state index in [4.69, 9.17) is 4.74 Å². The fraction of sp³-hybridized carbons (Fsp3) is 0.462. The van der Waals surface area contributed by atoms with E-state index in [1.54, 1.807) is 29.9 Å². The highest BCUT2D eigenvalue weighted by atomic mass is 16.5. The van der Waals surface area contributed by atoms with Crippen molar-refractivity contribution in [2.75, 3.05) is 6.61 Å². The van der Waals surface area contributed by atoms with E-state index in [1.165, 1.54) is 0 Å². The van der Waals surface area contributed by atoms with Crippen LogP contribution < -0.4 is 10.6 Å². The molecule has 1 atom stereocenters. The molecule has 20 heavy (non-hydrogen) atoms. The molecule has 1 aromatic heterocycles. The van der Waals surface area contributed by atoms with Gasteiger partial charge in [-0.05, 0) is 25.5 Å². The van der Waals surface area contributed by atoms with Gasteiger partial charge in [0.15, 0.2) is 6.61 Å². The zero-order valence-corrected chi connectivity index (χ0v) is 11.8. The number of carbonyl (C=O) groups excluding carboxylic acids is 3. The summed E-state index contributed by atoms with van der Waals surface area (Å²) in [6, 6.07) is 2.64. The summed E-state index contributed by atoms with van der Waals surface area (Å²) in [4.78, 5) is 34.4. The second-order valence-electron chi connectivity index (χ2n) is 4.41. The van der Waals surface area contributed by atoms with E-state index in [2.05, 4.69) is 10.6 Å². The predicted octanol–water partition coefficient (Wildman–Crippen LogP) is 0.806. The van der Waals surface area contributed by atoms with E-state index < -0.39 is 24.5 Å². The molecule has 0 saturated carbocycles. The lowest BCUT2D eigenvalue weighted by atomic mass is 10.3. The number of rotatable bonds is 5. The Bertz CT molecular complexity index is 496. The molecule has 3 amide bonds. The molecule has 0 radical (unpaired) electrons. The highest BCUT2D eigenvalue weighted by molar-refractivity contribution is 5.96. The minimum Gasteiger partial charge on any atom is -0.451 e. The van der Waals surface area contributed by atoms with Gasteiger partial charge in [0.1, 0.15) is 5.69 Å². The third kappa shape index (κ3) is 4.75. The first-order chi connectivity index (χ1) is 9.43. The van der Waals surface area contributed by atoms with Crippen molar-refractivity contribution in [1.82, 2.24) is 15.2 Å². The second kappa shape index (κ2) is 7.32. The van der Waals surface area contributed by atoms with E-state index in [0.717, 1.165) is 6.42 Å². The Hall–Kier alpha value is -2.31. The molecule has 2 N–H and O–H groups in total. The van der Waals surface area contributed by atoms with Gasteiger partial charge in [0, 0.05) is 19.3 Å². The standard InChI is InChI=1S/C13H19N3O4/c1-4-9(2)14-13(19)15-11(17)8-20-12(18)10-6-5-7-16(10)3/h5-7,9H,4,8H2,1-3H3,(H2,14,15,17,19)/t9-/m0/s1. The van der Waals surface area contributed by atoms with Crippen LogP contribution in [0.1, 0.15) is 30.8 Å². The van der Waals surface area contributed by atoms with Crippen molar-refractivity contribution < 1.29 is 19.1 Å². The van der Waals surface area contributed by atoms with Gasteiger partial charge in [-0.1, -0.05) is 6.92 Å². The Morgan fingerprint density at radius 3 is 2.65 bits per heavy atom. The van der Waals surface area contributed by atoms with Gasteiger partial charge in [0.25, 0.3) is 5.91 Å². The number of esters is 1. The molecule has 7 nitrogen and oxygen atoms in total. The molecular weight excluding hydrogens is 262 g/mol. The van der Waals surface area contributed by atoms with Crippen molar-refractivity contribution in [3.63, 3.8) is 0 Å². The van der Waals surface area contributed by atoms with Gasteiger partial charge in [-0.2, -0.15) is 0 Å². The van der Waals surface area contributed by atoms with Crippen LogP contribution in [0, 0.1) is 0 Å². The first-order valence-electron chi connectivity index (χ1n) is 6.32. The molecule has 0 fully saturated rings. The molecule has 0 spiro atoms. The Labute approximate surface area is 117 Å². The molecule has 0 aliphatic rings. The highest BCUT2D eigenvalue weighted by Crippen LogP contribution is 2.01. The van der Waals surface area contributed by atoms with Crippen LogP contribution >= 0.6 is 0 Å². The number of ether oxygens (including phenoxy) is 1. The van der Waals surface area contributed by atoms with E-state index in [-0.39, 0.29) is 6.04 Å². The highest BCUT2D eigenvalue weighted by Gasteiger charge is 2.14. The van der Waals surface area contributed by atoms with Gasteiger partial charge < -0.3 is 14.6 Å². The Morgan fingerprint density at radius 1 is 1.40 bits per heavy atom. The molecule has 0 aromatic carbocycles. The van der Waals surface area contributed by atoms with Crippen molar-refractivity contribution in [2.24, 2.45) is 7.05 Å². The number of carbonyl (C=O) groups is 3. The summed E-state index contributed by atoms with van der Waals surface area (Å²) in [5, 5.41) is 4.66. The van der Waals surface area contributed by atoms with Crippen molar-refractivity contribution >= 4 is 17.9 Å². The van der Waals surface area contributed by atoms with Crippen molar-refractivity contribution in [1.29, 1.82) is 0 Å². The van der Waals surface area contributed by atoms with Crippen LogP contribution in [0.4, 0.5) is 4.79 Å². The van der Waals surface area contributed by atoms with Gasteiger partial charge in [-0.15, -0.1) is 0 Å². The summed E-state index contributed by atoms with van der Waals surface area (Å²) in [5.41, 5.74) is 0.335. The van der Waals surface area contributed by atoms with Crippen LogP contribution in [0.3, 0.4) is 0 Å². The number of aromatic nitrogens is 1. The van der Waals surface area contributed by atoms with Crippen LogP contribution in [-0.4, -0.2) is 35.1 Å². The number of hydrogen-bond acceptors (Lipinski definition) is 4. The molecule has 7 heteroatoms. The van der Waals surface area contributed by atoms with Crippen LogP contribution in [0.2, 0.25) is 0 Å². The van der Waals surface area contributed by atoms with Crippen LogP contribution in [0.5, 0.6) is 0 Å². The first kappa shape index (κ1) is 15.7. The molecule has 110 valence electrons. The van der Waals surface area contributed by atoms with Gasteiger partial charge >= 0.3 is 12.0 Å². The lowest BCUT2D eigenvalue weighted by Crippen LogP contribution is -2.44. The van der Waals surface area contributed by atoms with Gasteiger partial charge in [-0.3, -0.25) is 10.1 Å². The van der Waals surface area contributed by atoms with Crippen LogP contribution in [-0.2, 0) is 16.6 Å². The Kier molecular flexibility index (Phi) is 5.76. The quantitative estimate of drug-likeness (QED) is 0.781. The van der Waals surface area contributed by atoms with E-state index in [9.17, 15) is 14.4 Å². The summed E-state index contributed by atoms with van der Waals surface area (Å²) < 4.78 is 6.39.